The Bertz CT molecular complexity index is 353. The smallest absolute Gasteiger partial charge is 0.0164 e. The molecule has 18 heavy (non-hydrogen) atoms. The number of hydrogen-bond acceptors (Lipinski definition) is 1. The van der Waals surface area contributed by atoms with Crippen LogP contribution in [0.5, 0.6) is 0 Å². The lowest BCUT2D eigenvalue weighted by molar-refractivity contribution is 0.113. The van der Waals surface area contributed by atoms with Gasteiger partial charge in [0, 0.05) is 6.04 Å². The van der Waals surface area contributed by atoms with Gasteiger partial charge < -0.3 is 0 Å². The lowest BCUT2D eigenvalue weighted by atomic mass is 9.78. The topological polar surface area (TPSA) is 3.24 Å². The quantitative estimate of drug-likeness (QED) is 0.752. The van der Waals surface area contributed by atoms with Crippen LogP contribution in [0.2, 0.25) is 0 Å². The largest absolute Gasteiger partial charge is 0.300 e. The van der Waals surface area contributed by atoms with E-state index in [1.54, 1.807) is 5.56 Å². The van der Waals surface area contributed by atoms with Gasteiger partial charge in [0.2, 0.25) is 0 Å². The van der Waals surface area contributed by atoms with E-state index in [1.165, 1.54) is 58.0 Å². The third-order valence-electron chi connectivity index (χ3n) is 4.82. The molecule has 1 aromatic carbocycles. The molecule has 0 radical (unpaired) electrons. The molecule has 2 aliphatic rings. The van der Waals surface area contributed by atoms with E-state index in [9.17, 15) is 0 Å². The summed E-state index contributed by atoms with van der Waals surface area (Å²) in [5, 5.41) is 0. The first-order chi connectivity index (χ1) is 8.95. The van der Waals surface area contributed by atoms with Crippen LogP contribution in [0.1, 0.15) is 56.4 Å². The number of benzene rings is 1. The molecular weight excluding hydrogens is 218 g/mol. The van der Waals surface area contributed by atoms with Crippen LogP contribution in [0.3, 0.4) is 0 Å². The highest BCUT2D eigenvalue weighted by molar-refractivity contribution is 5.22. The minimum Gasteiger partial charge on any atom is -0.300 e. The minimum atomic E-state index is 0.790. The van der Waals surface area contributed by atoms with Crippen molar-refractivity contribution in [3.05, 3.63) is 35.9 Å². The summed E-state index contributed by atoms with van der Waals surface area (Å²) in [7, 11) is 0. The zero-order valence-electron chi connectivity index (χ0n) is 11.4. The number of piperidine rings is 1. The van der Waals surface area contributed by atoms with Gasteiger partial charge in [-0.05, 0) is 50.3 Å². The van der Waals surface area contributed by atoms with Crippen molar-refractivity contribution in [3.63, 3.8) is 0 Å². The van der Waals surface area contributed by atoms with E-state index < -0.39 is 0 Å². The van der Waals surface area contributed by atoms with Crippen molar-refractivity contribution >= 4 is 0 Å². The Kier molecular flexibility index (Phi) is 3.99. The highest BCUT2D eigenvalue weighted by Crippen LogP contribution is 2.37. The average molecular weight is 243 g/mol. The van der Waals surface area contributed by atoms with Crippen molar-refractivity contribution in [1.82, 2.24) is 4.90 Å². The summed E-state index contributed by atoms with van der Waals surface area (Å²) in [6.45, 7) is 2.68. The molecule has 0 amide bonds. The molecule has 1 aliphatic heterocycles. The van der Waals surface area contributed by atoms with Crippen molar-refractivity contribution in [2.24, 2.45) is 0 Å². The second kappa shape index (κ2) is 5.88. The van der Waals surface area contributed by atoms with Gasteiger partial charge in [0.25, 0.3) is 0 Å². The van der Waals surface area contributed by atoms with Gasteiger partial charge in [-0.25, -0.2) is 0 Å². The Labute approximate surface area is 111 Å². The third kappa shape index (κ3) is 2.61. The fourth-order valence-corrected chi connectivity index (χ4v) is 3.89. The van der Waals surface area contributed by atoms with Crippen LogP contribution in [0.15, 0.2) is 30.3 Å². The zero-order chi connectivity index (χ0) is 12.2. The molecule has 1 heteroatoms. The van der Waals surface area contributed by atoms with Crippen molar-refractivity contribution in [1.29, 1.82) is 0 Å². The first-order valence-electron chi connectivity index (χ1n) is 7.74. The van der Waals surface area contributed by atoms with Gasteiger partial charge in [0.05, 0.1) is 0 Å². The molecule has 0 bridgehead atoms. The van der Waals surface area contributed by atoms with Crippen LogP contribution < -0.4 is 0 Å². The van der Waals surface area contributed by atoms with Crippen molar-refractivity contribution in [2.75, 3.05) is 13.1 Å². The molecule has 1 aromatic rings. The van der Waals surface area contributed by atoms with Crippen molar-refractivity contribution in [2.45, 2.75) is 56.9 Å². The Hall–Kier alpha value is -0.820. The molecular formula is C17H25N. The van der Waals surface area contributed by atoms with Crippen molar-refractivity contribution in [3.8, 4) is 0 Å². The van der Waals surface area contributed by atoms with Crippen LogP contribution in [0.25, 0.3) is 0 Å². The van der Waals surface area contributed by atoms with Crippen LogP contribution >= 0.6 is 0 Å². The highest BCUT2D eigenvalue weighted by Gasteiger charge is 2.31. The number of likely N-dealkylation sites (tertiary alicyclic amines) is 1. The molecule has 98 valence electrons. The van der Waals surface area contributed by atoms with Gasteiger partial charge in [-0.2, -0.15) is 0 Å². The Morgan fingerprint density at radius 1 is 0.778 bits per heavy atom. The molecule has 3 rings (SSSR count). The lowest BCUT2D eigenvalue weighted by Crippen LogP contribution is -2.44. The molecule has 2 fully saturated rings. The maximum Gasteiger partial charge on any atom is 0.0164 e. The van der Waals surface area contributed by atoms with E-state index in [1.807, 2.05) is 0 Å². The normalized spacial score (nSPS) is 30.2. The van der Waals surface area contributed by atoms with E-state index in [-0.39, 0.29) is 0 Å². The maximum atomic E-state index is 2.79. The molecule has 0 unspecified atom stereocenters. The van der Waals surface area contributed by atoms with Gasteiger partial charge in [-0.3, -0.25) is 4.90 Å². The first-order valence-corrected chi connectivity index (χ1v) is 7.74. The summed E-state index contributed by atoms with van der Waals surface area (Å²) in [5.74, 6) is 0.790. The zero-order valence-corrected chi connectivity index (χ0v) is 11.4. The van der Waals surface area contributed by atoms with Gasteiger partial charge in [0.15, 0.2) is 0 Å². The van der Waals surface area contributed by atoms with Crippen LogP contribution in [0, 0.1) is 0 Å². The second-order valence-corrected chi connectivity index (χ2v) is 5.97. The van der Waals surface area contributed by atoms with Gasteiger partial charge in [-0.1, -0.05) is 49.6 Å². The summed E-state index contributed by atoms with van der Waals surface area (Å²) in [5.41, 5.74) is 1.58. The van der Waals surface area contributed by atoms with E-state index in [0.717, 1.165) is 12.0 Å². The van der Waals surface area contributed by atoms with E-state index in [4.69, 9.17) is 0 Å². The maximum absolute atomic E-state index is 2.79. The molecule has 1 aliphatic carbocycles. The molecule has 2 atom stereocenters. The molecule has 1 nitrogen and oxygen atoms in total. The van der Waals surface area contributed by atoms with Crippen LogP contribution in [-0.2, 0) is 0 Å². The Morgan fingerprint density at radius 3 is 2.28 bits per heavy atom. The summed E-state index contributed by atoms with van der Waals surface area (Å²) in [6, 6.07) is 12.1. The predicted octanol–water partition coefficient (Wildman–Crippen LogP) is 4.20. The molecule has 1 heterocycles. The lowest BCUT2D eigenvalue weighted by Gasteiger charge is -2.42. The van der Waals surface area contributed by atoms with E-state index in [0.29, 0.717) is 0 Å². The fraction of sp³-hybridized carbons (Fsp3) is 0.647. The summed E-state index contributed by atoms with van der Waals surface area (Å²) in [6.07, 6.45) is 9.94. The number of nitrogens with zero attached hydrogens (tertiary/aromatic N) is 1. The molecule has 0 spiro atoms. The van der Waals surface area contributed by atoms with Crippen molar-refractivity contribution < 1.29 is 0 Å². The van der Waals surface area contributed by atoms with Gasteiger partial charge in [-0.15, -0.1) is 0 Å². The van der Waals surface area contributed by atoms with Crippen LogP contribution in [0.4, 0.5) is 0 Å². The summed E-state index contributed by atoms with van der Waals surface area (Å²) >= 11 is 0. The first kappa shape index (κ1) is 12.2. The van der Waals surface area contributed by atoms with Crippen LogP contribution in [-0.4, -0.2) is 24.0 Å². The molecule has 1 saturated heterocycles. The third-order valence-corrected chi connectivity index (χ3v) is 4.82. The molecule has 0 N–H and O–H groups in total. The average Bonchev–Trinajstić information content (AvgIpc) is 2.49. The molecule has 1 saturated carbocycles. The van der Waals surface area contributed by atoms with E-state index >= 15 is 0 Å². The van der Waals surface area contributed by atoms with Gasteiger partial charge >= 0.3 is 0 Å². The SMILES string of the molecule is c1ccc([C@@H]2CCCC[C@H]2N2CCCCC2)cc1. The summed E-state index contributed by atoms with van der Waals surface area (Å²) in [4.78, 5) is 2.79. The predicted molar refractivity (Wildman–Crippen MR) is 76.9 cm³/mol. The second-order valence-electron chi connectivity index (χ2n) is 5.97. The summed E-state index contributed by atoms with van der Waals surface area (Å²) < 4.78 is 0. The monoisotopic (exact) mass is 243 g/mol. The Balaban J connectivity index is 1.77. The standard InChI is InChI=1S/C17H25N/c1-3-9-15(10-4-1)16-11-5-6-12-17(16)18-13-7-2-8-14-18/h1,3-4,9-10,16-17H,2,5-8,11-14H2/t16-,17+/m0/s1. The number of rotatable bonds is 2. The molecule has 0 aromatic heterocycles. The van der Waals surface area contributed by atoms with E-state index in [2.05, 4.69) is 35.2 Å². The number of hydrogen-bond donors (Lipinski definition) is 0. The Morgan fingerprint density at radius 2 is 1.50 bits per heavy atom. The highest BCUT2D eigenvalue weighted by atomic mass is 15.2. The van der Waals surface area contributed by atoms with Gasteiger partial charge in [0.1, 0.15) is 0 Å². The fourth-order valence-electron chi connectivity index (χ4n) is 3.89. The minimum absolute atomic E-state index is 0.790.